The van der Waals surface area contributed by atoms with Crippen molar-refractivity contribution in [2.75, 3.05) is 6.61 Å². The number of para-hydroxylation sites is 1. The summed E-state index contributed by atoms with van der Waals surface area (Å²) in [5.74, 6) is -3.61. The van der Waals surface area contributed by atoms with Crippen LogP contribution in [0.4, 0.5) is 8.78 Å². The molecule has 0 saturated heterocycles. The first-order valence-corrected chi connectivity index (χ1v) is 6.67. The number of allylic oxidation sites excluding steroid dienone is 1. The summed E-state index contributed by atoms with van der Waals surface area (Å²) in [6.45, 7) is 1.05. The Morgan fingerprint density at radius 1 is 1.33 bits per heavy atom. The highest BCUT2D eigenvalue weighted by Gasteiger charge is 2.18. The van der Waals surface area contributed by atoms with Crippen molar-refractivity contribution in [3.05, 3.63) is 54.2 Å². The highest BCUT2D eigenvalue weighted by molar-refractivity contribution is 6.20. The molecule has 0 radical (unpaired) electrons. The summed E-state index contributed by atoms with van der Waals surface area (Å²) in [6, 6.07) is 7.96. The molecule has 2 aromatic rings. The molecule has 1 aromatic heterocycles. The Morgan fingerprint density at radius 3 is 2.79 bits per heavy atom. The Balaban J connectivity index is 2.42. The Hall–Kier alpha value is -3.34. The van der Waals surface area contributed by atoms with Gasteiger partial charge in [0.2, 0.25) is 5.82 Å². The van der Waals surface area contributed by atoms with E-state index in [4.69, 9.17) is 14.7 Å². The quantitative estimate of drug-likeness (QED) is 0.350. The number of hydrogen-bond acceptors (Lipinski definition) is 6. The number of benzene rings is 1. The van der Waals surface area contributed by atoms with Gasteiger partial charge in [0, 0.05) is 5.56 Å². The number of rotatable bonds is 6. The number of halogens is 2. The third kappa shape index (κ3) is 3.89. The lowest BCUT2D eigenvalue weighted by atomic mass is 10.0. The Morgan fingerprint density at radius 2 is 2.08 bits per heavy atom. The number of nitrogens with zero attached hydrogens (tertiary/aromatic N) is 3. The van der Waals surface area contributed by atoms with Gasteiger partial charge in [-0.2, -0.15) is 19.0 Å². The van der Waals surface area contributed by atoms with E-state index >= 15 is 0 Å². The maximum atomic E-state index is 13.7. The van der Waals surface area contributed by atoms with E-state index in [1.807, 2.05) is 0 Å². The molecule has 0 aliphatic carbocycles. The first kappa shape index (κ1) is 17.0. The van der Waals surface area contributed by atoms with Crippen LogP contribution >= 0.6 is 0 Å². The van der Waals surface area contributed by atoms with Crippen molar-refractivity contribution in [1.82, 2.24) is 9.97 Å². The average Bonchev–Trinajstić information content (AvgIpc) is 2.56. The molecule has 0 bridgehead atoms. The average molecular weight is 331 g/mol. The normalized spacial score (nSPS) is 10.8. The summed E-state index contributed by atoms with van der Waals surface area (Å²) in [7, 11) is 0. The molecule has 0 aliphatic rings. The lowest BCUT2D eigenvalue weighted by Crippen LogP contribution is -2.02. The third-order valence-electron chi connectivity index (χ3n) is 2.83. The van der Waals surface area contributed by atoms with Gasteiger partial charge in [-0.3, -0.25) is 4.79 Å². The zero-order valence-corrected chi connectivity index (χ0v) is 12.5. The van der Waals surface area contributed by atoms with E-state index in [0.717, 1.165) is 12.6 Å². The van der Waals surface area contributed by atoms with E-state index in [-0.39, 0.29) is 29.3 Å². The molecule has 0 amide bonds. The van der Waals surface area contributed by atoms with Crippen LogP contribution in [0.25, 0.3) is 5.57 Å². The van der Waals surface area contributed by atoms with Crippen molar-refractivity contribution in [3.8, 4) is 17.7 Å². The molecule has 24 heavy (non-hydrogen) atoms. The van der Waals surface area contributed by atoms with Crippen LogP contribution in [0.15, 0.2) is 36.9 Å². The fourth-order valence-corrected chi connectivity index (χ4v) is 1.79. The lowest BCUT2D eigenvalue weighted by molar-refractivity contribution is -0.111. The van der Waals surface area contributed by atoms with E-state index in [9.17, 15) is 13.6 Å². The summed E-state index contributed by atoms with van der Waals surface area (Å²) in [5.41, 5.74) is 0.386. The molecule has 0 atom stereocenters. The molecular weight excluding hydrogens is 320 g/mol. The fraction of sp³-hybridized carbons (Fsp3) is 0.125. The van der Waals surface area contributed by atoms with E-state index in [1.165, 1.54) is 19.1 Å². The Kier molecular flexibility index (Phi) is 5.52. The first-order valence-electron chi connectivity index (χ1n) is 6.67. The topological polar surface area (TPSA) is 85.1 Å². The number of carbonyl (C=O) groups excluding carboxylic acids is 1. The standard InChI is InChI=1S/C16H11F2N3O3/c1-10(22)12(8-23-7-6-19)11-4-2-3-5-13(11)24-16-14(17)15(18)20-9-21-16/h2-5,8-9H,7H2,1H3/b12-8-. The van der Waals surface area contributed by atoms with Crippen molar-refractivity contribution >= 4 is 11.4 Å². The van der Waals surface area contributed by atoms with Gasteiger partial charge in [-0.15, -0.1) is 0 Å². The van der Waals surface area contributed by atoms with Gasteiger partial charge in [0.15, 0.2) is 12.4 Å². The van der Waals surface area contributed by atoms with Crippen LogP contribution in [0.1, 0.15) is 12.5 Å². The van der Waals surface area contributed by atoms with Crippen LogP contribution in [0, 0.1) is 23.1 Å². The van der Waals surface area contributed by atoms with E-state index in [0.29, 0.717) is 0 Å². The van der Waals surface area contributed by atoms with Crippen LogP contribution in [0.2, 0.25) is 0 Å². The highest BCUT2D eigenvalue weighted by atomic mass is 19.2. The zero-order chi connectivity index (χ0) is 17.5. The minimum Gasteiger partial charge on any atom is -0.486 e. The number of ketones is 1. The van der Waals surface area contributed by atoms with E-state index in [1.54, 1.807) is 18.2 Å². The Bertz CT molecular complexity index is 832. The van der Waals surface area contributed by atoms with Crippen molar-refractivity contribution in [3.63, 3.8) is 0 Å². The number of aromatic nitrogens is 2. The van der Waals surface area contributed by atoms with Gasteiger partial charge in [0.05, 0.1) is 11.8 Å². The number of Topliss-reactive ketones (excluding diaryl/α,β-unsaturated/α-hetero) is 1. The molecule has 0 fully saturated rings. The van der Waals surface area contributed by atoms with Crippen molar-refractivity contribution in [2.45, 2.75) is 6.92 Å². The van der Waals surface area contributed by atoms with Gasteiger partial charge in [-0.1, -0.05) is 18.2 Å². The van der Waals surface area contributed by atoms with Crippen molar-refractivity contribution in [1.29, 1.82) is 5.26 Å². The molecule has 0 saturated carbocycles. The summed E-state index contributed by atoms with van der Waals surface area (Å²) >= 11 is 0. The van der Waals surface area contributed by atoms with Gasteiger partial charge in [-0.05, 0) is 13.0 Å². The first-order chi connectivity index (χ1) is 11.5. The predicted molar refractivity (Wildman–Crippen MR) is 78.7 cm³/mol. The minimum absolute atomic E-state index is 0.0662. The number of hydrogen-bond donors (Lipinski definition) is 0. The zero-order valence-electron chi connectivity index (χ0n) is 12.5. The smallest absolute Gasteiger partial charge is 0.262 e. The molecule has 8 heteroatoms. The SMILES string of the molecule is CC(=O)/C(=C/OCC#N)c1ccccc1Oc1ncnc(F)c1F. The Labute approximate surface area is 136 Å². The number of carbonyl (C=O) groups is 1. The van der Waals surface area contributed by atoms with E-state index in [2.05, 4.69) is 9.97 Å². The van der Waals surface area contributed by atoms with Crippen LogP contribution in [0.3, 0.4) is 0 Å². The van der Waals surface area contributed by atoms with Crippen LogP contribution in [0.5, 0.6) is 11.6 Å². The molecule has 122 valence electrons. The van der Waals surface area contributed by atoms with Crippen LogP contribution < -0.4 is 4.74 Å². The molecule has 2 rings (SSSR count). The molecule has 0 aliphatic heterocycles. The molecule has 0 spiro atoms. The van der Waals surface area contributed by atoms with Gasteiger partial charge in [-0.25, -0.2) is 4.98 Å². The maximum Gasteiger partial charge on any atom is 0.262 e. The number of nitriles is 1. The van der Waals surface area contributed by atoms with Gasteiger partial charge in [0.25, 0.3) is 11.8 Å². The van der Waals surface area contributed by atoms with E-state index < -0.39 is 17.6 Å². The molecule has 1 heterocycles. The largest absolute Gasteiger partial charge is 0.486 e. The molecular formula is C16H11F2N3O3. The highest BCUT2D eigenvalue weighted by Crippen LogP contribution is 2.31. The van der Waals surface area contributed by atoms with Gasteiger partial charge >= 0.3 is 0 Å². The second-order valence-corrected chi connectivity index (χ2v) is 4.44. The molecule has 0 N–H and O–H groups in total. The fourth-order valence-electron chi connectivity index (χ4n) is 1.79. The van der Waals surface area contributed by atoms with Crippen LogP contribution in [-0.2, 0) is 9.53 Å². The maximum absolute atomic E-state index is 13.7. The second kappa shape index (κ2) is 7.78. The van der Waals surface area contributed by atoms with Crippen molar-refractivity contribution in [2.24, 2.45) is 0 Å². The van der Waals surface area contributed by atoms with Crippen LogP contribution in [-0.4, -0.2) is 22.4 Å². The van der Waals surface area contributed by atoms with Gasteiger partial charge in [0.1, 0.15) is 18.1 Å². The summed E-state index contributed by atoms with van der Waals surface area (Å²) in [4.78, 5) is 18.4. The summed E-state index contributed by atoms with van der Waals surface area (Å²) in [5, 5.41) is 8.49. The molecule has 1 aromatic carbocycles. The summed E-state index contributed by atoms with van der Waals surface area (Å²) in [6.07, 6.45) is 1.93. The molecule has 0 unspecified atom stereocenters. The second-order valence-electron chi connectivity index (χ2n) is 4.44. The monoisotopic (exact) mass is 331 g/mol. The number of ether oxygens (including phenoxy) is 2. The third-order valence-corrected chi connectivity index (χ3v) is 2.83. The van der Waals surface area contributed by atoms with Crippen molar-refractivity contribution < 1.29 is 23.0 Å². The lowest BCUT2D eigenvalue weighted by Gasteiger charge is -2.12. The predicted octanol–water partition coefficient (Wildman–Crippen LogP) is 3.02. The van der Waals surface area contributed by atoms with Gasteiger partial charge < -0.3 is 9.47 Å². The minimum atomic E-state index is -1.35. The molecule has 6 nitrogen and oxygen atoms in total. The summed E-state index contributed by atoms with van der Waals surface area (Å²) < 4.78 is 37.0.